The molecule has 0 bridgehead atoms. The summed E-state index contributed by atoms with van der Waals surface area (Å²) in [6.07, 6.45) is 2.22. The van der Waals surface area contributed by atoms with Crippen molar-refractivity contribution in [2.75, 3.05) is 43.6 Å². The summed E-state index contributed by atoms with van der Waals surface area (Å²) < 4.78 is 16.2. The molecular formula is C25H29N3O6. The first kappa shape index (κ1) is 23.6. The van der Waals surface area contributed by atoms with E-state index in [9.17, 15) is 14.4 Å². The van der Waals surface area contributed by atoms with E-state index >= 15 is 0 Å². The summed E-state index contributed by atoms with van der Waals surface area (Å²) in [7, 11) is 1.56. The maximum Gasteiger partial charge on any atom is 0.262 e. The molecule has 2 fully saturated rings. The van der Waals surface area contributed by atoms with Crippen LogP contribution in [0.25, 0.3) is 0 Å². The van der Waals surface area contributed by atoms with Gasteiger partial charge in [-0.05, 0) is 49.2 Å². The van der Waals surface area contributed by atoms with Crippen molar-refractivity contribution in [2.45, 2.75) is 25.4 Å². The molecule has 2 aromatic carbocycles. The third-order valence-corrected chi connectivity index (χ3v) is 5.90. The van der Waals surface area contributed by atoms with Crippen LogP contribution in [-0.2, 0) is 19.1 Å². The number of nitrogens with one attached hydrogen (secondary N) is 2. The lowest BCUT2D eigenvalue weighted by Gasteiger charge is -2.18. The molecule has 0 radical (unpaired) electrons. The zero-order valence-electron chi connectivity index (χ0n) is 19.1. The molecule has 0 spiro atoms. The Morgan fingerprint density at radius 2 is 1.97 bits per heavy atom. The van der Waals surface area contributed by atoms with Gasteiger partial charge in [0.25, 0.3) is 5.91 Å². The van der Waals surface area contributed by atoms with Gasteiger partial charge in [0.1, 0.15) is 11.5 Å². The van der Waals surface area contributed by atoms with Gasteiger partial charge in [-0.15, -0.1) is 0 Å². The largest absolute Gasteiger partial charge is 0.497 e. The SMILES string of the molecule is COc1cccc(NC(=O)COc2ccc(N3C[C@@H](C(=O)NC[C@H]4CCCO4)CC3=O)cc2)c1. The number of ether oxygens (including phenoxy) is 3. The molecule has 0 saturated carbocycles. The molecule has 0 aliphatic carbocycles. The molecule has 180 valence electrons. The Morgan fingerprint density at radius 3 is 2.71 bits per heavy atom. The Kier molecular flexibility index (Phi) is 7.64. The number of benzene rings is 2. The highest BCUT2D eigenvalue weighted by Crippen LogP contribution is 2.27. The molecule has 0 aromatic heterocycles. The van der Waals surface area contributed by atoms with Gasteiger partial charge >= 0.3 is 0 Å². The first-order chi connectivity index (χ1) is 16.5. The van der Waals surface area contributed by atoms with E-state index in [1.807, 2.05) is 0 Å². The fourth-order valence-corrected chi connectivity index (χ4v) is 4.07. The summed E-state index contributed by atoms with van der Waals surface area (Å²) in [5.74, 6) is 0.251. The van der Waals surface area contributed by atoms with Crippen LogP contribution in [0.4, 0.5) is 11.4 Å². The van der Waals surface area contributed by atoms with E-state index in [4.69, 9.17) is 14.2 Å². The van der Waals surface area contributed by atoms with Gasteiger partial charge < -0.3 is 29.7 Å². The fourth-order valence-electron chi connectivity index (χ4n) is 4.07. The van der Waals surface area contributed by atoms with Gasteiger partial charge in [-0.3, -0.25) is 14.4 Å². The maximum absolute atomic E-state index is 12.5. The monoisotopic (exact) mass is 467 g/mol. The molecule has 2 aliphatic rings. The first-order valence-corrected chi connectivity index (χ1v) is 11.4. The molecule has 2 aromatic rings. The van der Waals surface area contributed by atoms with Crippen molar-refractivity contribution in [3.8, 4) is 11.5 Å². The lowest BCUT2D eigenvalue weighted by molar-refractivity contribution is -0.126. The molecule has 2 aliphatic heterocycles. The lowest BCUT2D eigenvalue weighted by atomic mass is 10.1. The van der Waals surface area contributed by atoms with Gasteiger partial charge in [-0.2, -0.15) is 0 Å². The first-order valence-electron chi connectivity index (χ1n) is 11.4. The molecule has 2 saturated heterocycles. The third-order valence-electron chi connectivity index (χ3n) is 5.90. The zero-order chi connectivity index (χ0) is 23.9. The van der Waals surface area contributed by atoms with Gasteiger partial charge in [0, 0.05) is 43.6 Å². The average molecular weight is 468 g/mol. The van der Waals surface area contributed by atoms with Crippen LogP contribution in [0.2, 0.25) is 0 Å². The lowest BCUT2D eigenvalue weighted by Crippen LogP contribution is -2.37. The van der Waals surface area contributed by atoms with Gasteiger partial charge in [-0.25, -0.2) is 0 Å². The summed E-state index contributed by atoms with van der Waals surface area (Å²) in [4.78, 5) is 38.8. The van der Waals surface area contributed by atoms with E-state index in [0.717, 1.165) is 19.4 Å². The fraction of sp³-hybridized carbons (Fsp3) is 0.400. The minimum atomic E-state index is -0.384. The predicted octanol–water partition coefficient (Wildman–Crippen LogP) is 2.36. The van der Waals surface area contributed by atoms with Crippen molar-refractivity contribution < 1.29 is 28.6 Å². The third kappa shape index (κ3) is 6.05. The Labute approximate surface area is 198 Å². The van der Waals surface area contributed by atoms with Crippen LogP contribution in [0, 0.1) is 5.92 Å². The van der Waals surface area contributed by atoms with Crippen molar-refractivity contribution in [2.24, 2.45) is 5.92 Å². The minimum absolute atomic E-state index is 0.0716. The maximum atomic E-state index is 12.5. The van der Waals surface area contributed by atoms with Crippen LogP contribution < -0.4 is 25.0 Å². The van der Waals surface area contributed by atoms with Crippen LogP contribution in [0.15, 0.2) is 48.5 Å². The van der Waals surface area contributed by atoms with Crippen molar-refractivity contribution in [1.29, 1.82) is 0 Å². The predicted molar refractivity (Wildman–Crippen MR) is 126 cm³/mol. The molecule has 2 atom stereocenters. The Morgan fingerprint density at radius 1 is 1.15 bits per heavy atom. The molecule has 34 heavy (non-hydrogen) atoms. The number of methoxy groups -OCH3 is 1. The second kappa shape index (κ2) is 11.0. The van der Waals surface area contributed by atoms with Crippen molar-refractivity contribution in [3.63, 3.8) is 0 Å². The van der Waals surface area contributed by atoms with Gasteiger partial charge in [-0.1, -0.05) is 6.07 Å². The molecule has 0 unspecified atom stereocenters. The van der Waals surface area contributed by atoms with Crippen molar-refractivity contribution in [3.05, 3.63) is 48.5 Å². The Balaban J connectivity index is 1.25. The van der Waals surface area contributed by atoms with Crippen LogP contribution in [0.1, 0.15) is 19.3 Å². The Bertz CT molecular complexity index is 1020. The summed E-state index contributed by atoms with van der Waals surface area (Å²) in [5.41, 5.74) is 1.30. The number of hydrogen-bond donors (Lipinski definition) is 2. The average Bonchev–Trinajstić information content (AvgIpc) is 3.51. The summed E-state index contributed by atoms with van der Waals surface area (Å²) in [5, 5.41) is 5.66. The molecule has 2 N–H and O–H groups in total. The number of carbonyl (C=O) groups excluding carboxylic acids is 3. The number of rotatable bonds is 9. The quantitative estimate of drug-likeness (QED) is 0.587. The van der Waals surface area contributed by atoms with Gasteiger partial charge in [0.05, 0.1) is 19.1 Å². The number of hydrogen-bond acceptors (Lipinski definition) is 6. The van der Waals surface area contributed by atoms with E-state index in [2.05, 4.69) is 10.6 Å². The highest BCUT2D eigenvalue weighted by atomic mass is 16.5. The topological polar surface area (TPSA) is 106 Å². The van der Waals surface area contributed by atoms with Crippen LogP contribution in [-0.4, -0.2) is 57.2 Å². The van der Waals surface area contributed by atoms with Crippen LogP contribution in [0.5, 0.6) is 11.5 Å². The molecule has 4 rings (SSSR count). The molecule has 9 nitrogen and oxygen atoms in total. The highest BCUT2D eigenvalue weighted by molar-refractivity contribution is 6.00. The van der Waals surface area contributed by atoms with Crippen LogP contribution in [0.3, 0.4) is 0 Å². The van der Waals surface area contributed by atoms with E-state index in [-0.39, 0.29) is 42.8 Å². The van der Waals surface area contributed by atoms with E-state index < -0.39 is 0 Å². The normalized spacial score (nSPS) is 19.7. The van der Waals surface area contributed by atoms with E-state index in [1.165, 1.54) is 0 Å². The highest BCUT2D eigenvalue weighted by Gasteiger charge is 2.35. The van der Waals surface area contributed by atoms with Crippen molar-refractivity contribution >= 4 is 29.1 Å². The zero-order valence-corrected chi connectivity index (χ0v) is 19.1. The summed E-state index contributed by atoms with van der Waals surface area (Å²) in [6.45, 7) is 1.40. The number of nitrogens with zero attached hydrogens (tertiary/aromatic N) is 1. The van der Waals surface area contributed by atoms with E-state index in [0.29, 0.717) is 36.0 Å². The van der Waals surface area contributed by atoms with Gasteiger partial charge in [0.2, 0.25) is 11.8 Å². The van der Waals surface area contributed by atoms with Gasteiger partial charge in [0.15, 0.2) is 6.61 Å². The second-order valence-electron chi connectivity index (χ2n) is 8.35. The standard InChI is InChI=1S/C25H29N3O6/c1-32-21-5-2-4-18(13-21)27-23(29)16-34-20-9-7-19(8-10-20)28-15-17(12-24(28)30)25(31)26-14-22-6-3-11-33-22/h2,4-5,7-10,13,17,22H,3,6,11-12,14-16H2,1H3,(H,26,31)(H,27,29)/t17-,22+/m0/s1. The molecular weight excluding hydrogens is 438 g/mol. The number of amides is 3. The molecule has 9 heteroatoms. The number of anilines is 2. The number of carbonyl (C=O) groups is 3. The second-order valence-corrected chi connectivity index (χ2v) is 8.35. The molecule has 3 amide bonds. The minimum Gasteiger partial charge on any atom is -0.497 e. The summed E-state index contributed by atoms with van der Waals surface area (Å²) in [6, 6.07) is 14.0. The smallest absolute Gasteiger partial charge is 0.262 e. The molecule has 2 heterocycles. The van der Waals surface area contributed by atoms with Crippen LogP contribution >= 0.6 is 0 Å². The Hall–Kier alpha value is -3.59. The van der Waals surface area contributed by atoms with Crippen molar-refractivity contribution in [1.82, 2.24) is 5.32 Å². The van der Waals surface area contributed by atoms with E-state index in [1.54, 1.807) is 60.5 Å². The summed E-state index contributed by atoms with van der Waals surface area (Å²) >= 11 is 0.